The van der Waals surface area contributed by atoms with Gasteiger partial charge in [0.05, 0.1) is 0 Å². The summed E-state index contributed by atoms with van der Waals surface area (Å²) in [6.45, 7) is 2.26. The van der Waals surface area contributed by atoms with Crippen molar-refractivity contribution < 1.29 is 9.90 Å². The molecule has 1 N–H and O–H groups in total. The summed E-state index contributed by atoms with van der Waals surface area (Å²) in [5, 5.41) is 8.49. The van der Waals surface area contributed by atoms with E-state index in [9.17, 15) is 4.79 Å². The minimum Gasteiger partial charge on any atom is -0.481 e. The highest BCUT2D eigenvalue weighted by molar-refractivity contribution is 5.66. The Kier molecular flexibility index (Phi) is 18.7. The van der Waals surface area contributed by atoms with Gasteiger partial charge in [-0.3, -0.25) is 4.79 Å². The van der Waals surface area contributed by atoms with E-state index in [1.807, 2.05) is 36.4 Å². The van der Waals surface area contributed by atoms with E-state index in [0.717, 1.165) is 12.8 Å². The second-order valence-corrected chi connectivity index (χ2v) is 6.54. The van der Waals surface area contributed by atoms with Gasteiger partial charge < -0.3 is 5.11 Å². The Labute approximate surface area is 149 Å². The van der Waals surface area contributed by atoms with Gasteiger partial charge in [-0.15, -0.1) is 0 Å². The van der Waals surface area contributed by atoms with Crippen LogP contribution in [0.3, 0.4) is 0 Å². The summed E-state index contributed by atoms with van der Waals surface area (Å²) in [4.78, 5) is 10.3. The van der Waals surface area contributed by atoms with Crippen molar-refractivity contribution in [1.82, 2.24) is 0 Å². The quantitative estimate of drug-likeness (QED) is 0.364. The molecule has 0 bridgehead atoms. The van der Waals surface area contributed by atoms with Crippen molar-refractivity contribution in [3.8, 4) is 0 Å². The number of aliphatic carboxylic acids is 1. The van der Waals surface area contributed by atoms with Gasteiger partial charge in [-0.1, -0.05) is 120 Å². The van der Waals surface area contributed by atoms with Gasteiger partial charge in [-0.25, -0.2) is 0 Å². The highest BCUT2D eigenvalue weighted by Gasteiger charge is 1.96. The van der Waals surface area contributed by atoms with E-state index in [1.165, 1.54) is 70.6 Å². The van der Waals surface area contributed by atoms with Crippen LogP contribution in [0, 0.1) is 0 Å². The lowest BCUT2D eigenvalue weighted by Gasteiger charge is -2.02. The number of unbranched alkanes of at least 4 members (excludes halogenated alkanes) is 12. The Hall–Kier alpha value is -1.31. The number of rotatable bonds is 14. The van der Waals surface area contributed by atoms with Gasteiger partial charge in [0.1, 0.15) is 0 Å². The fraction of sp³-hybridized carbons (Fsp3) is 0.682. The van der Waals surface area contributed by atoms with E-state index in [2.05, 4.69) is 6.92 Å². The van der Waals surface area contributed by atoms with E-state index in [1.54, 1.807) is 0 Å². The highest BCUT2D eigenvalue weighted by atomic mass is 16.4. The molecule has 1 aromatic rings. The summed E-state index contributed by atoms with van der Waals surface area (Å²) in [5.74, 6) is -0.655. The molecule has 0 aliphatic heterocycles. The van der Waals surface area contributed by atoms with Crippen LogP contribution in [0.15, 0.2) is 36.4 Å². The molecule has 2 heteroatoms. The lowest BCUT2D eigenvalue weighted by molar-refractivity contribution is -0.137. The number of hydrogen-bond donors (Lipinski definition) is 1. The molecule has 138 valence electrons. The van der Waals surface area contributed by atoms with E-state index >= 15 is 0 Å². The van der Waals surface area contributed by atoms with Crippen LogP contribution in [-0.4, -0.2) is 11.1 Å². The summed E-state index contributed by atoms with van der Waals surface area (Å²) in [5.41, 5.74) is 0. The van der Waals surface area contributed by atoms with E-state index in [4.69, 9.17) is 5.11 Å². The summed E-state index contributed by atoms with van der Waals surface area (Å²) in [6.07, 6.45) is 17.3. The summed E-state index contributed by atoms with van der Waals surface area (Å²) in [6, 6.07) is 12.0. The molecule has 0 amide bonds. The molecule has 1 aromatic carbocycles. The van der Waals surface area contributed by atoms with E-state index in [0.29, 0.717) is 6.42 Å². The van der Waals surface area contributed by atoms with Crippen LogP contribution < -0.4 is 0 Å². The van der Waals surface area contributed by atoms with Crippen LogP contribution in [0.25, 0.3) is 0 Å². The Balaban J connectivity index is 0.000000728. The van der Waals surface area contributed by atoms with Crippen molar-refractivity contribution in [2.24, 2.45) is 0 Å². The molecule has 0 atom stereocenters. The number of benzene rings is 1. The molecule has 0 spiro atoms. The van der Waals surface area contributed by atoms with Gasteiger partial charge in [-0.05, 0) is 6.42 Å². The van der Waals surface area contributed by atoms with Crippen LogP contribution in [0.4, 0.5) is 0 Å². The third-order valence-electron chi connectivity index (χ3n) is 4.16. The third-order valence-corrected chi connectivity index (χ3v) is 4.16. The standard InChI is InChI=1S/C16H32O2.C6H6/c1-2-3-4-5-6-7-8-9-10-11-12-13-14-15-16(17)18;1-2-4-6-5-3-1/h2-15H2,1H3,(H,17,18);1-6H. The molecule has 0 aromatic heterocycles. The molecule has 0 fully saturated rings. The first-order chi connectivity index (χ1) is 11.8. The average Bonchev–Trinajstić information content (AvgIpc) is 2.61. The van der Waals surface area contributed by atoms with Crippen LogP contribution >= 0.6 is 0 Å². The van der Waals surface area contributed by atoms with Crippen molar-refractivity contribution >= 4 is 5.97 Å². The third kappa shape index (κ3) is 20.7. The SMILES string of the molecule is CCCCCCCCCCCCCCCC(=O)O.c1ccccc1. The molecule has 0 radical (unpaired) electrons. The predicted molar refractivity (Wildman–Crippen MR) is 104 cm³/mol. The largest absolute Gasteiger partial charge is 0.481 e. The maximum atomic E-state index is 10.3. The fourth-order valence-electron chi connectivity index (χ4n) is 2.68. The predicted octanol–water partition coefficient (Wildman–Crippen LogP) is 7.24. The first-order valence-electron chi connectivity index (χ1n) is 9.99. The zero-order chi connectivity index (χ0) is 17.7. The molecule has 0 saturated heterocycles. The first-order valence-corrected chi connectivity index (χ1v) is 9.99. The minimum absolute atomic E-state index is 0.345. The Morgan fingerprint density at radius 1 is 0.583 bits per heavy atom. The zero-order valence-electron chi connectivity index (χ0n) is 15.7. The van der Waals surface area contributed by atoms with Crippen molar-refractivity contribution in [1.29, 1.82) is 0 Å². The number of carboxylic acids is 1. The molecule has 24 heavy (non-hydrogen) atoms. The maximum Gasteiger partial charge on any atom is 0.303 e. The molecule has 0 aliphatic rings. The summed E-state index contributed by atoms with van der Waals surface area (Å²) < 4.78 is 0. The molecular formula is C22H38O2. The van der Waals surface area contributed by atoms with Crippen molar-refractivity contribution in [3.63, 3.8) is 0 Å². The second kappa shape index (κ2) is 19.7. The van der Waals surface area contributed by atoms with Gasteiger partial charge in [0.15, 0.2) is 0 Å². The molecule has 2 nitrogen and oxygen atoms in total. The maximum absolute atomic E-state index is 10.3. The topological polar surface area (TPSA) is 37.3 Å². The van der Waals surface area contributed by atoms with Crippen LogP contribution in [0.5, 0.6) is 0 Å². The van der Waals surface area contributed by atoms with Gasteiger partial charge in [0.25, 0.3) is 0 Å². The van der Waals surface area contributed by atoms with Gasteiger partial charge in [-0.2, -0.15) is 0 Å². The van der Waals surface area contributed by atoms with E-state index < -0.39 is 5.97 Å². The van der Waals surface area contributed by atoms with E-state index in [-0.39, 0.29) is 0 Å². The van der Waals surface area contributed by atoms with Crippen molar-refractivity contribution in [3.05, 3.63) is 36.4 Å². The Morgan fingerprint density at radius 3 is 1.17 bits per heavy atom. The average molecular weight is 335 g/mol. The number of hydrogen-bond acceptors (Lipinski definition) is 1. The van der Waals surface area contributed by atoms with Gasteiger partial charge in [0.2, 0.25) is 0 Å². The Bertz CT molecular complexity index is 322. The molecule has 0 heterocycles. The first kappa shape index (κ1) is 22.7. The van der Waals surface area contributed by atoms with Crippen LogP contribution in [-0.2, 0) is 4.79 Å². The normalized spacial score (nSPS) is 10.0. The van der Waals surface area contributed by atoms with Crippen molar-refractivity contribution in [2.45, 2.75) is 96.8 Å². The summed E-state index contributed by atoms with van der Waals surface area (Å²) >= 11 is 0. The molecule has 0 unspecified atom stereocenters. The number of carbonyl (C=O) groups is 1. The van der Waals surface area contributed by atoms with Crippen molar-refractivity contribution in [2.75, 3.05) is 0 Å². The minimum atomic E-state index is -0.655. The molecule has 1 rings (SSSR count). The van der Waals surface area contributed by atoms with Crippen LogP contribution in [0.1, 0.15) is 96.8 Å². The highest BCUT2D eigenvalue weighted by Crippen LogP contribution is 2.12. The molecule has 0 aliphatic carbocycles. The molecular weight excluding hydrogens is 296 g/mol. The number of carboxylic acid groups (broad SMARTS) is 1. The molecule has 0 saturated carbocycles. The zero-order valence-corrected chi connectivity index (χ0v) is 15.7. The Morgan fingerprint density at radius 2 is 0.875 bits per heavy atom. The lowest BCUT2D eigenvalue weighted by Crippen LogP contribution is -1.93. The summed E-state index contributed by atoms with van der Waals surface area (Å²) in [7, 11) is 0. The lowest BCUT2D eigenvalue weighted by atomic mass is 10.0. The second-order valence-electron chi connectivity index (χ2n) is 6.54. The van der Waals surface area contributed by atoms with Gasteiger partial charge >= 0.3 is 5.97 Å². The van der Waals surface area contributed by atoms with Crippen LogP contribution in [0.2, 0.25) is 0 Å². The fourth-order valence-corrected chi connectivity index (χ4v) is 2.68. The van der Waals surface area contributed by atoms with Gasteiger partial charge in [0, 0.05) is 6.42 Å². The smallest absolute Gasteiger partial charge is 0.303 e. The monoisotopic (exact) mass is 334 g/mol.